The zero-order valence-corrected chi connectivity index (χ0v) is 27.1. The topological polar surface area (TPSA) is 106 Å². The second-order valence-electron chi connectivity index (χ2n) is 14.7. The summed E-state index contributed by atoms with van der Waals surface area (Å²) in [5.41, 5.74) is -1.24. The van der Waals surface area contributed by atoms with Crippen molar-refractivity contribution in [3.8, 4) is 0 Å². The van der Waals surface area contributed by atoms with E-state index in [2.05, 4.69) is 37.5 Å². The predicted molar refractivity (Wildman–Crippen MR) is 171 cm³/mol. The molecule has 6 aliphatic rings. The molecule has 2 aliphatic heterocycles. The van der Waals surface area contributed by atoms with Crippen molar-refractivity contribution in [2.75, 3.05) is 45.9 Å². The number of piperazine rings is 1. The van der Waals surface area contributed by atoms with E-state index in [0.717, 1.165) is 57.6 Å². The summed E-state index contributed by atoms with van der Waals surface area (Å²) in [7, 11) is 0. The summed E-state index contributed by atoms with van der Waals surface area (Å²) in [6, 6.07) is 0. The van der Waals surface area contributed by atoms with Crippen LogP contribution in [-0.4, -0.2) is 102 Å². The van der Waals surface area contributed by atoms with Crippen molar-refractivity contribution >= 4 is 17.5 Å². The summed E-state index contributed by atoms with van der Waals surface area (Å²) >= 11 is 0. The fraction of sp³-hybridized carbons (Fsp3) is 0.806. The minimum Gasteiger partial charge on any atom is -0.457 e. The molecule has 0 aromatic rings. The number of hydrogen-bond acceptors (Lipinski definition) is 9. The van der Waals surface area contributed by atoms with Gasteiger partial charge in [0.2, 0.25) is 5.78 Å². The lowest BCUT2D eigenvalue weighted by molar-refractivity contribution is -0.201. The summed E-state index contributed by atoms with van der Waals surface area (Å²) in [5.74, 6) is -0.439. The number of hydrogen-bond donors (Lipinski definition) is 1. The highest BCUT2D eigenvalue weighted by Gasteiger charge is 2.75. The summed E-state index contributed by atoms with van der Waals surface area (Å²) in [6.07, 6.45) is 10.4. The van der Waals surface area contributed by atoms with E-state index in [1.54, 1.807) is 12.2 Å². The molecule has 0 spiro atoms. The van der Waals surface area contributed by atoms with Crippen molar-refractivity contribution in [1.29, 1.82) is 0 Å². The minimum absolute atomic E-state index is 0. The van der Waals surface area contributed by atoms with E-state index < -0.39 is 34.9 Å². The summed E-state index contributed by atoms with van der Waals surface area (Å²) in [6.45, 7) is 12.9. The molecule has 5 fully saturated rings. The predicted octanol–water partition coefficient (Wildman–Crippen LogP) is 4.32. The Morgan fingerprint density at radius 1 is 1.11 bits per heavy atom. The summed E-state index contributed by atoms with van der Waals surface area (Å²) in [5, 5.41) is 11.9. The first-order chi connectivity index (χ1) is 21.1. The first kappa shape index (κ1) is 34.4. The molecule has 45 heavy (non-hydrogen) atoms. The van der Waals surface area contributed by atoms with E-state index in [1.807, 2.05) is 6.08 Å². The first-order valence-corrected chi connectivity index (χ1v) is 17.1. The Kier molecular flexibility index (Phi) is 10.2. The third kappa shape index (κ3) is 5.79. The zero-order valence-electron chi connectivity index (χ0n) is 27.1. The number of aliphatic hydroxyl groups is 1. The maximum atomic E-state index is 14.4. The van der Waals surface area contributed by atoms with Gasteiger partial charge in [0.05, 0.1) is 18.8 Å². The van der Waals surface area contributed by atoms with Crippen LogP contribution < -0.4 is 0 Å². The maximum Gasteiger partial charge on any atom is 0.320 e. The number of ketones is 2. The molecule has 0 amide bonds. The van der Waals surface area contributed by atoms with Gasteiger partial charge in [-0.05, 0) is 69.1 Å². The van der Waals surface area contributed by atoms with Gasteiger partial charge in [0.1, 0.15) is 0 Å². The number of esters is 1. The number of nitrogens with zero attached hydrogens (tertiary/aromatic N) is 2. The fourth-order valence-corrected chi connectivity index (χ4v) is 10.0. The van der Waals surface area contributed by atoms with E-state index in [9.17, 15) is 19.5 Å². The molecule has 4 aliphatic carbocycles. The van der Waals surface area contributed by atoms with E-state index in [0.29, 0.717) is 19.3 Å². The van der Waals surface area contributed by atoms with Gasteiger partial charge in [-0.15, -0.1) is 0 Å². The Balaban J connectivity index is 0.00000400. The van der Waals surface area contributed by atoms with Gasteiger partial charge in [0.25, 0.3) is 0 Å². The molecule has 2 saturated heterocycles. The van der Waals surface area contributed by atoms with Crippen molar-refractivity contribution < 1.29 is 33.7 Å². The minimum atomic E-state index is -1.27. The van der Waals surface area contributed by atoms with E-state index >= 15 is 0 Å². The third-order valence-electron chi connectivity index (χ3n) is 12.2. The van der Waals surface area contributed by atoms with Crippen LogP contribution in [0.3, 0.4) is 0 Å². The van der Waals surface area contributed by atoms with Gasteiger partial charge >= 0.3 is 5.97 Å². The molecule has 0 aromatic heterocycles. The van der Waals surface area contributed by atoms with Crippen LogP contribution >= 0.6 is 0 Å². The highest BCUT2D eigenvalue weighted by Crippen LogP contribution is 2.69. The van der Waals surface area contributed by atoms with Crippen LogP contribution in [0, 0.1) is 28.6 Å². The first-order valence-electron chi connectivity index (χ1n) is 17.1. The molecule has 252 valence electrons. The van der Waals surface area contributed by atoms with Gasteiger partial charge in [-0.25, -0.2) is 0 Å². The molecule has 2 heterocycles. The van der Waals surface area contributed by atoms with E-state index in [4.69, 9.17) is 14.2 Å². The van der Waals surface area contributed by atoms with E-state index in [1.165, 1.54) is 12.8 Å². The number of ether oxygens (including phenoxy) is 3. The van der Waals surface area contributed by atoms with Crippen molar-refractivity contribution in [2.24, 2.45) is 28.6 Å². The lowest BCUT2D eigenvalue weighted by Gasteiger charge is -2.59. The van der Waals surface area contributed by atoms with Crippen molar-refractivity contribution in [2.45, 2.75) is 111 Å². The summed E-state index contributed by atoms with van der Waals surface area (Å²) < 4.78 is 18.8. The average molecular weight is 629 g/mol. The average Bonchev–Trinajstić information content (AvgIpc) is 3.47. The highest BCUT2D eigenvalue weighted by atomic mass is 16.7. The number of unbranched alkanes of at least 4 members (excludes halogenated alkanes) is 1. The van der Waals surface area contributed by atoms with Crippen LogP contribution in [-0.2, 0) is 28.6 Å². The third-order valence-corrected chi connectivity index (χ3v) is 12.2. The molecule has 0 aromatic carbocycles. The maximum absolute atomic E-state index is 14.4. The van der Waals surface area contributed by atoms with Crippen LogP contribution in [0.5, 0.6) is 0 Å². The largest absolute Gasteiger partial charge is 0.457 e. The Morgan fingerprint density at radius 3 is 2.56 bits per heavy atom. The molecule has 1 N–H and O–H groups in total. The number of carbonyl (C=O) groups excluding carboxylic acids is 3. The zero-order chi connectivity index (χ0) is 31.3. The number of allylic oxidation sites excluding steroid dienone is 4. The second kappa shape index (κ2) is 13.3. The lowest BCUT2D eigenvalue weighted by atomic mass is 9.46. The molecular weight excluding hydrogens is 572 g/mol. The SMILES string of the molecule is C.CCCCN1CCN(CC(=O)OCC(=O)[C@@]23OC(CCC)O[C@@H]2CC2C4CCC5=CC(=O)C=C[C@]5(C)C4[C@@H](O)C[C@@]23C)CC1. The monoisotopic (exact) mass is 628 g/mol. The van der Waals surface area contributed by atoms with Crippen LogP contribution in [0.1, 0.15) is 86.5 Å². The second-order valence-corrected chi connectivity index (χ2v) is 14.7. The van der Waals surface area contributed by atoms with Crippen molar-refractivity contribution in [3.05, 3.63) is 23.8 Å². The standard InChI is InChI=1S/C35H52N2O7.CH4/c1-5-7-13-36-14-16-37(17-15-36)21-30(41)42-22-28(40)35-29(43-31(44-35)8-6-2)19-26-25-10-9-23-18-24(38)11-12-33(23,3)32(25)27(39)20-34(26,35)4;/h11-12,18,25-27,29,31-32,39H,5-10,13-17,19-22H2,1-4H3;1H4/t25?,26?,27-,29+,31?,32?,33-,34-,35+;/m0./s1. The molecule has 0 radical (unpaired) electrons. The molecule has 3 saturated carbocycles. The van der Waals surface area contributed by atoms with Crippen LogP contribution in [0.25, 0.3) is 0 Å². The number of rotatable bonds is 10. The van der Waals surface area contributed by atoms with Crippen LogP contribution in [0.2, 0.25) is 0 Å². The van der Waals surface area contributed by atoms with Gasteiger partial charge in [-0.1, -0.05) is 59.6 Å². The molecule has 9 atom stereocenters. The van der Waals surface area contributed by atoms with Gasteiger partial charge in [0, 0.05) is 42.9 Å². The Labute approximate surface area is 269 Å². The number of Topliss-reactive ketones (excluding diaryl/α,β-unsaturated/α-hetero) is 1. The molecule has 4 unspecified atom stereocenters. The number of fused-ring (bicyclic) bond motifs is 7. The molecule has 9 nitrogen and oxygen atoms in total. The molecule has 6 rings (SSSR count). The molecular formula is C36H56N2O7. The summed E-state index contributed by atoms with van der Waals surface area (Å²) in [4.78, 5) is 44.1. The van der Waals surface area contributed by atoms with Crippen LogP contribution in [0.15, 0.2) is 23.8 Å². The van der Waals surface area contributed by atoms with Crippen molar-refractivity contribution in [1.82, 2.24) is 9.80 Å². The van der Waals surface area contributed by atoms with Crippen molar-refractivity contribution in [3.63, 3.8) is 0 Å². The van der Waals surface area contributed by atoms with Gasteiger partial charge in [0.15, 0.2) is 24.3 Å². The Hall–Kier alpha value is -1.91. The lowest BCUT2D eigenvalue weighted by Crippen LogP contribution is -2.63. The Bertz CT molecular complexity index is 1190. The van der Waals surface area contributed by atoms with Gasteiger partial charge < -0.3 is 24.2 Å². The molecule has 0 bridgehead atoms. The van der Waals surface area contributed by atoms with E-state index in [-0.39, 0.29) is 55.9 Å². The normalized spacial score (nSPS) is 40.9. The smallest absolute Gasteiger partial charge is 0.320 e. The number of aliphatic hydroxyl groups excluding tert-OH is 1. The number of carbonyl (C=O) groups is 3. The molecule has 9 heteroatoms. The van der Waals surface area contributed by atoms with Gasteiger partial charge in [-0.3, -0.25) is 19.3 Å². The quantitative estimate of drug-likeness (QED) is 0.354. The van der Waals surface area contributed by atoms with Crippen LogP contribution in [0.4, 0.5) is 0 Å². The highest BCUT2D eigenvalue weighted by molar-refractivity contribution is 6.01. The fourth-order valence-electron chi connectivity index (χ4n) is 10.0. The van der Waals surface area contributed by atoms with Gasteiger partial charge in [-0.2, -0.15) is 0 Å². The Morgan fingerprint density at radius 2 is 1.84 bits per heavy atom.